The fourth-order valence-corrected chi connectivity index (χ4v) is 2.55. The Morgan fingerprint density at radius 1 is 1.16 bits per heavy atom. The summed E-state index contributed by atoms with van der Waals surface area (Å²) in [6, 6.07) is 7.35. The predicted octanol–water partition coefficient (Wildman–Crippen LogP) is 1.39. The molecule has 0 fully saturated rings. The lowest BCUT2D eigenvalue weighted by Crippen LogP contribution is -2.38. The molecule has 9 heteroatoms. The van der Waals surface area contributed by atoms with Crippen molar-refractivity contribution >= 4 is 34.0 Å². The predicted molar refractivity (Wildman–Crippen MR) is 95.6 cm³/mol. The second-order valence-electron chi connectivity index (χ2n) is 4.92. The number of hydrogen-bond acceptors (Lipinski definition) is 7. The minimum absolute atomic E-state index is 0.110. The number of carbonyl (C=O) groups excluding carboxylic acids is 2. The van der Waals surface area contributed by atoms with Crippen LogP contribution in [0.4, 0.5) is 10.8 Å². The minimum atomic E-state index is -0.402. The zero-order valence-electron chi connectivity index (χ0n) is 14.0. The maximum absolute atomic E-state index is 12.0. The maximum Gasteiger partial charge on any atom is 0.271 e. The second-order valence-corrected chi connectivity index (χ2v) is 5.77. The van der Waals surface area contributed by atoms with Gasteiger partial charge >= 0.3 is 0 Å². The van der Waals surface area contributed by atoms with Crippen LogP contribution in [0.2, 0.25) is 0 Å². The van der Waals surface area contributed by atoms with Crippen molar-refractivity contribution in [2.45, 2.75) is 0 Å². The van der Waals surface area contributed by atoms with Crippen LogP contribution in [-0.2, 0) is 9.53 Å². The molecule has 0 aliphatic heterocycles. The normalized spacial score (nSPS) is 10.2. The van der Waals surface area contributed by atoms with E-state index in [9.17, 15) is 9.59 Å². The van der Waals surface area contributed by atoms with E-state index >= 15 is 0 Å². The summed E-state index contributed by atoms with van der Waals surface area (Å²) in [5.41, 5.74) is 1.09. The molecule has 0 spiro atoms. The van der Waals surface area contributed by atoms with Crippen LogP contribution in [0.5, 0.6) is 5.75 Å². The Kier molecular flexibility index (Phi) is 7.17. The molecule has 8 nitrogen and oxygen atoms in total. The van der Waals surface area contributed by atoms with E-state index in [1.165, 1.54) is 11.3 Å². The fraction of sp³-hybridized carbons (Fsp3) is 0.312. The Hall–Kier alpha value is -2.65. The number of amides is 2. The van der Waals surface area contributed by atoms with Gasteiger partial charge in [-0.1, -0.05) is 0 Å². The average molecular weight is 364 g/mol. The van der Waals surface area contributed by atoms with Crippen LogP contribution in [0, 0.1) is 0 Å². The monoisotopic (exact) mass is 364 g/mol. The number of thiazole rings is 1. The zero-order chi connectivity index (χ0) is 18.1. The number of anilines is 2. The third kappa shape index (κ3) is 6.05. The summed E-state index contributed by atoms with van der Waals surface area (Å²) >= 11 is 1.30. The van der Waals surface area contributed by atoms with Crippen molar-refractivity contribution in [3.63, 3.8) is 0 Å². The molecule has 0 aliphatic carbocycles. The molecule has 2 amide bonds. The molecule has 3 N–H and O–H groups in total. The van der Waals surface area contributed by atoms with Crippen molar-refractivity contribution in [2.24, 2.45) is 0 Å². The number of aromatic nitrogens is 1. The lowest BCUT2D eigenvalue weighted by molar-refractivity contribution is -0.120. The van der Waals surface area contributed by atoms with Crippen molar-refractivity contribution in [2.75, 3.05) is 39.2 Å². The molecule has 1 heterocycles. The summed E-state index contributed by atoms with van der Waals surface area (Å²) in [5.74, 6) is 0.0756. The smallest absolute Gasteiger partial charge is 0.271 e. The van der Waals surface area contributed by atoms with Crippen LogP contribution in [-0.4, -0.2) is 50.7 Å². The molecule has 25 heavy (non-hydrogen) atoms. The molecule has 1 aromatic heterocycles. The molecule has 1 aromatic carbocycles. The van der Waals surface area contributed by atoms with Crippen LogP contribution in [0.3, 0.4) is 0 Å². The number of nitrogens with zero attached hydrogens (tertiary/aromatic N) is 1. The first-order valence-corrected chi connectivity index (χ1v) is 8.40. The van der Waals surface area contributed by atoms with Gasteiger partial charge in [0.2, 0.25) is 5.91 Å². The van der Waals surface area contributed by atoms with Crippen molar-refractivity contribution < 1.29 is 19.1 Å². The van der Waals surface area contributed by atoms with Gasteiger partial charge < -0.3 is 25.4 Å². The van der Waals surface area contributed by atoms with Crippen molar-refractivity contribution in [1.29, 1.82) is 0 Å². The van der Waals surface area contributed by atoms with Gasteiger partial charge in [0.25, 0.3) is 5.91 Å². The van der Waals surface area contributed by atoms with Gasteiger partial charge in [0, 0.05) is 24.7 Å². The molecule has 134 valence electrons. The van der Waals surface area contributed by atoms with E-state index in [0.717, 1.165) is 11.4 Å². The highest BCUT2D eigenvalue weighted by Crippen LogP contribution is 2.22. The van der Waals surface area contributed by atoms with E-state index in [1.54, 1.807) is 19.6 Å². The van der Waals surface area contributed by atoms with E-state index in [0.29, 0.717) is 18.3 Å². The largest absolute Gasteiger partial charge is 0.497 e. The summed E-state index contributed by atoms with van der Waals surface area (Å²) in [5, 5.41) is 10.5. The van der Waals surface area contributed by atoms with Gasteiger partial charge in [0.1, 0.15) is 11.4 Å². The molecule has 0 radical (unpaired) electrons. The number of benzene rings is 1. The molecule has 0 bridgehead atoms. The summed E-state index contributed by atoms with van der Waals surface area (Å²) < 4.78 is 9.93. The van der Waals surface area contributed by atoms with E-state index in [-0.39, 0.29) is 18.1 Å². The third-order valence-electron chi connectivity index (χ3n) is 3.12. The van der Waals surface area contributed by atoms with Gasteiger partial charge in [-0.2, -0.15) is 0 Å². The van der Waals surface area contributed by atoms with Gasteiger partial charge in [-0.25, -0.2) is 4.98 Å². The van der Waals surface area contributed by atoms with Gasteiger partial charge in [0.15, 0.2) is 5.13 Å². The molecule has 2 rings (SSSR count). The Bertz CT molecular complexity index is 702. The Balaban J connectivity index is 1.83. The second kappa shape index (κ2) is 9.60. The maximum atomic E-state index is 12.0. The minimum Gasteiger partial charge on any atom is -0.497 e. The van der Waals surface area contributed by atoms with E-state index in [1.807, 2.05) is 24.3 Å². The molecular weight excluding hydrogens is 344 g/mol. The van der Waals surface area contributed by atoms with Crippen LogP contribution < -0.4 is 20.7 Å². The Labute approximate surface area is 149 Å². The first kappa shape index (κ1) is 18.7. The van der Waals surface area contributed by atoms with Gasteiger partial charge in [-0.3, -0.25) is 9.59 Å². The SMILES string of the molecule is COCCNC(=O)CNC(=O)c1csc(Nc2ccc(OC)cc2)n1. The van der Waals surface area contributed by atoms with Gasteiger partial charge in [-0.15, -0.1) is 11.3 Å². The average Bonchev–Trinajstić information content (AvgIpc) is 3.09. The van der Waals surface area contributed by atoms with Crippen molar-refractivity contribution in [3.8, 4) is 5.75 Å². The third-order valence-corrected chi connectivity index (χ3v) is 3.87. The van der Waals surface area contributed by atoms with Crippen LogP contribution in [0.1, 0.15) is 10.5 Å². The lowest BCUT2D eigenvalue weighted by Gasteiger charge is -2.05. The first-order valence-electron chi connectivity index (χ1n) is 7.53. The van der Waals surface area contributed by atoms with Crippen LogP contribution in [0.25, 0.3) is 0 Å². The summed E-state index contributed by atoms with van der Waals surface area (Å²) in [4.78, 5) is 27.8. The molecule has 0 aliphatic rings. The molecule has 2 aromatic rings. The van der Waals surface area contributed by atoms with Crippen molar-refractivity contribution in [1.82, 2.24) is 15.6 Å². The van der Waals surface area contributed by atoms with E-state index < -0.39 is 5.91 Å². The summed E-state index contributed by atoms with van der Waals surface area (Å²) in [6.07, 6.45) is 0. The molecule has 0 atom stereocenters. The molecule has 0 saturated heterocycles. The van der Waals surface area contributed by atoms with Gasteiger partial charge in [-0.05, 0) is 24.3 Å². The first-order chi connectivity index (χ1) is 12.1. The van der Waals surface area contributed by atoms with Crippen LogP contribution >= 0.6 is 11.3 Å². The fourth-order valence-electron chi connectivity index (χ4n) is 1.84. The Morgan fingerprint density at radius 3 is 2.60 bits per heavy atom. The number of ether oxygens (including phenoxy) is 2. The zero-order valence-corrected chi connectivity index (χ0v) is 14.8. The highest BCUT2D eigenvalue weighted by Gasteiger charge is 2.12. The topological polar surface area (TPSA) is 102 Å². The summed E-state index contributed by atoms with van der Waals surface area (Å²) in [7, 11) is 3.15. The molecular formula is C16H20N4O4S. The number of nitrogens with one attached hydrogen (secondary N) is 3. The van der Waals surface area contributed by atoms with Gasteiger partial charge in [0.05, 0.1) is 20.3 Å². The highest BCUT2D eigenvalue weighted by atomic mass is 32.1. The number of methoxy groups -OCH3 is 2. The number of rotatable bonds is 9. The number of carbonyl (C=O) groups is 2. The lowest BCUT2D eigenvalue weighted by atomic mass is 10.3. The van der Waals surface area contributed by atoms with E-state index in [2.05, 4.69) is 20.9 Å². The summed E-state index contributed by atoms with van der Waals surface area (Å²) in [6.45, 7) is 0.714. The number of hydrogen-bond donors (Lipinski definition) is 3. The quantitative estimate of drug-likeness (QED) is 0.581. The Morgan fingerprint density at radius 2 is 1.92 bits per heavy atom. The standard InChI is InChI=1S/C16H20N4O4S/c1-23-8-7-17-14(21)9-18-15(22)13-10-25-16(20-13)19-11-3-5-12(24-2)6-4-11/h3-6,10H,7-9H2,1-2H3,(H,17,21)(H,18,22)(H,19,20). The molecule has 0 unspecified atom stereocenters. The van der Waals surface area contributed by atoms with Crippen molar-refractivity contribution in [3.05, 3.63) is 35.3 Å². The van der Waals surface area contributed by atoms with E-state index in [4.69, 9.17) is 9.47 Å². The highest BCUT2D eigenvalue weighted by molar-refractivity contribution is 7.14. The van der Waals surface area contributed by atoms with Crippen LogP contribution in [0.15, 0.2) is 29.6 Å². The molecule has 0 saturated carbocycles.